The van der Waals surface area contributed by atoms with E-state index in [1.165, 1.54) is 0 Å². The summed E-state index contributed by atoms with van der Waals surface area (Å²) in [5.41, 5.74) is 0.129. The van der Waals surface area contributed by atoms with Crippen molar-refractivity contribution in [3.05, 3.63) is 0 Å². The summed E-state index contributed by atoms with van der Waals surface area (Å²) in [6, 6.07) is 0. The Hall–Kier alpha value is -1.10. The Bertz CT molecular complexity index is 410. The van der Waals surface area contributed by atoms with Gasteiger partial charge in [0.25, 0.3) is 0 Å². The second-order valence-corrected chi connectivity index (χ2v) is 6.95. The highest BCUT2D eigenvalue weighted by molar-refractivity contribution is 5.79. The quantitative estimate of drug-likeness (QED) is 0.851. The number of likely N-dealkylation sites (tertiary alicyclic amines) is 1. The fourth-order valence-electron chi connectivity index (χ4n) is 3.92. The molecule has 3 rings (SSSR count). The molecule has 0 bridgehead atoms. The Labute approximate surface area is 126 Å². The summed E-state index contributed by atoms with van der Waals surface area (Å²) >= 11 is 0. The van der Waals surface area contributed by atoms with Gasteiger partial charge in [-0.15, -0.1) is 0 Å². The molecule has 2 aliphatic heterocycles. The molecular formula is C16H26N2O3. The van der Waals surface area contributed by atoms with Gasteiger partial charge in [0.05, 0.1) is 6.10 Å². The van der Waals surface area contributed by atoms with Crippen LogP contribution in [-0.2, 0) is 14.3 Å². The highest BCUT2D eigenvalue weighted by atomic mass is 16.5. The molecule has 118 valence electrons. The number of hydrogen-bond donors (Lipinski definition) is 1. The van der Waals surface area contributed by atoms with E-state index in [4.69, 9.17) is 4.74 Å². The number of carbonyl (C=O) groups excluding carboxylic acids is 2. The molecule has 0 unspecified atom stereocenters. The first-order valence-electron chi connectivity index (χ1n) is 8.26. The number of nitrogens with one attached hydrogen (secondary N) is 1. The van der Waals surface area contributed by atoms with Crippen molar-refractivity contribution < 1.29 is 14.3 Å². The zero-order chi connectivity index (χ0) is 14.9. The third kappa shape index (κ3) is 3.23. The second kappa shape index (κ2) is 5.95. The molecule has 1 aliphatic carbocycles. The summed E-state index contributed by atoms with van der Waals surface area (Å²) in [5, 5.41) is 2.94. The molecule has 2 amide bonds. The van der Waals surface area contributed by atoms with Gasteiger partial charge in [-0.25, -0.2) is 0 Å². The van der Waals surface area contributed by atoms with Gasteiger partial charge < -0.3 is 15.0 Å². The number of rotatable bonds is 4. The van der Waals surface area contributed by atoms with E-state index in [1.54, 1.807) is 0 Å². The molecule has 0 atom stereocenters. The van der Waals surface area contributed by atoms with Crippen LogP contribution in [0.1, 0.15) is 45.4 Å². The molecule has 1 spiro atoms. The van der Waals surface area contributed by atoms with Gasteiger partial charge in [-0.3, -0.25) is 9.59 Å². The first kappa shape index (κ1) is 14.8. The Balaban J connectivity index is 1.40. The number of nitrogens with zero attached hydrogens (tertiary/aromatic N) is 1. The molecular weight excluding hydrogens is 268 g/mol. The van der Waals surface area contributed by atoms with Crippen molar-refractivity contribution >= 4 is 11.8 Å². The fourth-order valence-corrected chi connectivity index (χ4v) is 3.92. The molecule has 0 aromatic rings. The number of ether oxygens (including phenoxy) is 1. The van der Waals surface area contributed by atoms with E-state index in [1.807, 2.05) is 11.8 Å². The molecule has 1 N–H and O–H groups in total. The van der Waals surface area contributed by atoms with Gasteiger partial charge in [0.15, 0.2) is 0 Å². The van der Waals surface area contributed by atoms with Crippen molar-refractivity contribution in [3.8, 4) is 0 Å². The van der Waals surface area contributed by atoms with Crippen LogP contribution in [0.4, 0.5) is 0 Å². The summed E-state index contributed by atoms with van der Waals surface area (Å²) in [6.45, 7) is 5.22. The maximum atomic E-state index is 12.3. The molecule has 2 saturated heterocycles. The predicted molar refractivity (Wildman–Crippen MR) is 78.6 cm³/mol. The van der Waals surface area contributed by atoms with Crippen LogP contribution in [0, 0.1) is 11.3 Å². The monoisotopic (exact) mass is 294 g/mol. The van der Waals surface area contributed by atoms with E-state index in [-0.39, 0.29) is 11.3 Å². The lowest BCUT2D eigenvalue weighted by Crippen LogP contribution is -2.45. The lowest BCUT2D eigenvalue weighted by Gasteiger charge is -2.40. The summed E-state index contributed by atoms with van der Waals surface area (Å²) in [5.74, 6) is 0.980. The van der Waals surface area contributed by atoms with Gasteiger partial charge in [-0.1, -0.05) is 0 Å². The minimum Gasteiger partial charge on any atom is -0.378 e. The van der Waals surface area contributed by atoms with E-state index >= 15 is 0 Å². The van der Waals surface area contributed by atoms with Crippen LogP contribution in [-0.4, -0.2) is 49.1 Å². The standard InChI is InChI=1S/C16H26N2O3/c1-2-21-13-7-12(8-13)9-15(20)18-5-3-16(4-6-18)10-14(19)17-11-16/h12-13H,2-11H2,1H3,(H,17,19). The maximum absolute atomic E-state index is 12.3. The van der Waals surface area contributed by atoms with Crippen molar-refractivity contribution in [1.82, 2.24) is 10.2 Å². The number of carbonyl (C=O) groups is 2. The molecule has 5 heteroatoms. The van der Waals surface area contributed by atoms with Crippen molar-refractivity contribution in [3.63, 3.8) is 0 Å². The van der Waals surface area contributed by atoms with E-state index in [2.05, 4.69) is 5.32 Å². The Morgan fingerprint density at radius 1 is 1.38 bits per heavy atom. The zero-order valence-electron chi connectivity index (χ0n) is 12.9. The van der Waals surface area contributed by atoms with Crippen molar-refractivity contribution in [1.29, 1.82) is 0 Å². The van der Waals surface area contributed by atoms with Gasteiger partial charge in [0.2, 0.25) is 11.8 Å². The normalized spacial score (nSPS) is 31.1. The van der Waals surface area contributed by atoms with Crippen LogP contribution in [0.3, 0.4) is 0 Å². The van der Waals surface area contributed by atoms with Crippen LogP contribution >= 0.6 is 0 Å². The van der Waals surface area contributed by atoms with Crippen LogP contribution in [0.25, 0.3) is 0 Å². The number of amides is 2. The van der Waals surface area contributed by atoms with Gasteiger partial charge in [-0.05, 0) is 43.9 Å². The lowest BCUT2D eigenvalue weighted by molar-refractivity contribution is -0.136. The second-order valence-electron chi connectivity index (χ2n) is 6.95. The Morgan fingerprint density at radius 3 is 2.67 bits per heavy atom. The molecule has 3 fully saturated rings. The topological polar surface area (TPSA) is 58.6 Å². The van der Waals surface area contributed by atoms with Gasteiger partial charge >= 0.3 is 0 Å². The van der Waals surface area contributed by atoms with Crippen LogP contribution < -0.4 is 5.32 Å². The minimum absolute atomic E-state index is 0.129. The van der Waals surface area contributed by atoms with E-state index in [0.717, 1.165) is 51.9 Å². The highest BCUT2D eigenvalue weighted by Crippen LogP contribution is 2.38. The predicted octanol–water partition coefficient (Wildman–Crippen LogP) is 1.32. The SMILES string of the molecule is CCOC1CC(CC(=O)N2CCC3(CC2)CNC(=O)C3)C1. The Kier molecular flexibility index (Phi) is 4.20. The Morgan fingerprint density at radius 2 is 2.10 bits per heavy atom. The van der Waals surface area contributed by atoms with E-state index in [0.29, 0.717) is 30.8 Å². The first-order chi connectivity index (χ1) is 10.1. The maximum Gasteiger partial charge on any atom is 0.222 e. The zero-order valence-corrected chi connectivity index (χ0v) is 12.9. The first-order valence-corrected chi connectivity index (χ1v) is 8.26. The third-order valence-corrected chi connectivity index (χ3v) is 5.43. The number of piperidine rings is 1. The van der Waals surface area contributed by atoms with Crippen LogP contribution in [0.2, 0.25) is 0 Å². The minimum atomic E-state index is 0.129. The number of hydrogen-bond acceptors (Lipinski definition) is 3. The highest BCUT2D eigenvalue weighted by Gasteiger charge is 2.42. The molecule has 5 nitrogen and oxygen atoms in total. The molecule has 0 aromatic heterocycles. The molecule has 2 heterocycles. The van der Waals surface area contributed by atoms with Crippen molar-refractivity contribution in [2.45, 2.75) is 51.6 Å². The summed E-state index contributed by atoms with van der Waals surface area (Å²) < 4.78 is 5.54. The average Bonchev–Trinajstić information content (AvgIpc) is 2.78. The van der Waals surface area contributed by atoms with E-state index in [9.17, 15) is 9.59 Å². The van der Waals surface area contributed by atoms with Crippen molar-refractivity contribution in [2.24, 2.45) is 11.3 Å². The summed E-state index contributed by atoms with van der Waals surface area (Å²) in [7, 11) is 0. The lowest BCUT2D eigenvalue weighted by atomic mass is 9.77. The summed E-state index contributed by atoms with van der Waals surface area (Å²) in [6.07, 6.45) is 5.70. The molecule has 0 radical (unpaired) electrons. The molecule has 0 aromatic carbocycles. The van der Waals surface area contributed by atoms with Crippen LogP contribution in [0.15, 0.2) is 0 Å². The van der Waals surface area contributed by atoms with Crippen LogP contribution in [0.5, 0.6) is 0 Å². The van der Waals surface area contributed by atoms with Crippen molar-refractivity contribution in [2.75, 3.05) is 26.2 Å². The average molecular weight is 294 g/mol. The third-order valence-electron chi connectivity index (χ3n) is 5.43. The molecule has 21 heavy (non-hydrogen) atoms. The molecule has 1 saturated carbocycles. The van der Waals surface area contributed by atoms with Gasteiger partial charge in [0.1, 0.15) is 0 Å². The largest absolute Gasteiger partial charge is 0.378 e. The smallest absolute Gasteiger partial charge is 0.222 e. The summed E-state index contributed by atoms with van der Waals surface area (Å²) in [4.78, 5) is 25.7. The van der Waals surface area contributed by atoms with E-state index < -0.39 is 0 Å². The van der Waals surface area contributed by atoms with Gasteiger partial charge in [-0.2, -0.15) is 0 Å². The molecule has 3 aliphatic rings. The van der Waals surface area contributed by atoms with Gasteiger partial charge in [0, 0.05) is 39.1 Å². The fraction of sp³-hybridized carbons (Fsp3) is 0.875.